The average Bonchev–Trinajstić information content (AvgIpc) is 3.26. The molecule has 0 saturated heterocycles. The molecule has 2 aliphatic carbocycles. The van der Waals surface area contributed by atoms with Crippen LogP contribution in [-0.2, 0) is 6.42 Å². The number of rotatable bonds is 0. The van der Waals surface area contributed by atoms with Crippen LogP contribution in [0.3, 0.4) is 0 Å². The van der Waals surface area contributed by atoms with Gasteiger partial charge in [0.15, 0.2) is 0 Å². The second-order valence-corrected chi connectivity index (χ2v) is 8.79. The van der Waals surface area contributed by atoms with Gasteiger partial charge in [0.05, 0.1) is 11.2 Å². The largest absolute Gasteiger partial charge is 0.464 e. The minimum Gasteiger partial charge on any atom is -0.464 e. The first-order valence-electron chi connectivity index (χ1n) is 11.7. The van der Waals surface area contributed by atoms with Crippen LogP contribution >= 0.6 is 0 Å². The summed E-state index contributed by atoms with van der Waals surface area (Å²) in [7, 11) is 0. The molecule has 0 radical (unpaired) electrons. The maximum absolute atomic E-state index is 10.8. The van der Waals surface area contributed by atoms with Crippen molar-refractivity contribution in [3.05, 3.63) is 94.6 Å². The third kappa shape index (κ3) is 3.48. The monoisotopic (exact) mass is 444 g/mol. The summed E-state index contributed by atoms with van der Waals surface area (Å²) < 4.78 is 1.11. The number of benzene rings is 3. The molecule has 4 nitrogen and oxygen atoms in total. The van der Waals surface area contributed by atoms with Crippen molar-refractivity contribution in [1.29, 1.82) is 0 Å². The van der Waals surface area contributed by atoms with Crippen LogP contribution in [-0.4, -0.2) is 20.8 Å². The number of para-hydroxylation sites is 1. The average molecular weight is 445 g/mol. The lowest BCUT2D eigenvalue weighted by Crippen LogP contribution is -2.27. The Bertz CT molecular complexity index is 1690. The van der Waals surface area contributed by atoms with Crippen LogP contribution in [0.1, 0.15) is 30.4 Å². The fraction of sp³-hybridized carbons (Fsp3) is 0.133. The van der Waals surface area contributed by atoms with E-state index in [9.17, 15) is 4.79 Å². The van der Waals surface area contributed by atoms with Crippen molar-refractivity contribution in [3.8, 4) is 11.3 Å². The van der Waals surface area contributed by atoms with Crippen LogP contribution in [0.15, 0.2) is 73.1 Å². The molecule has 2 heterocycles. The van der Waals surface area contributed by atoms with E-state index in [4.69, 9.17) is 5.11 Å². The minimum atomic E-state index is -1.01. The van der Waals surface area contributed by atoms with Gasteiger partial charge in [-0.15, -0.1) is 0 Å². The molecule has 34 heavy (non-hydrogen) atoms. The lowest BCUT2D eigenvalue weighted by atomic mass is 9.90. The molecule has 0 atom stereocenters. The molecular weight excluding hydrogens is 420 g/mol. The van der Waals surface area contributed by atoms with Gasteiger partial charge >= 0.3 is 6.09 Å². The van der Waals surface area contributed by atoms with E-state index in [0.29, 0.717) is 5.69 Å². The molecule has 0 spiro atoms. The van der Waals surface area contributed by atoms with Crippen molar-refractivity contribution in [2.75, 3.05) is 0 Å². The van der Waals surface area contributed by atoms with Gasteiger partial charge in [0, 0.05) is 23.3 Å². The predicted octanol–water partition coefficient (Wildman–Crippen LogP) is 5.82. The summed E-state index contributed by atoms with van der Waals surface area (Å²) in [5.41, 5.74) is 5.52. The van der Waals surface area contributed by atoms with Crippen molar-refractivity contribution in [1.82, 2.24) is 9.55 Å². The van der Waals surface area contributed by atoms with Crippen LogP contribution < -0.4 is 10.4 Å². The molecule has 4 heteroatoms. The van der Waals surface area contributed by atoms with Crippen molar-refractivity contribution in [2.45, 2.75) is 25.7 Å². The second kappa shape index (κ2) is 8.31. The number of allylic oxidation sites excluding steroid dienone is 1. The zero-order valence-corrected chi connectivity index (χ0v) is 18.7. The summed E-state index contributed by atoms with van der Waals surface area (Å²) in [4.78, 5) is 15.2. The van der Waals surface area contributed by atoms with Gasteiger partial charge in [-0.05, 0) is 70.2 Å². The molecule has 4 aliphatic rings. The molecule has 0 amide bonds. The molecule has 1 N–H and O–H groups in total. The molecule has 3 aromatic carbocycles. The van der Waals surface area contributed by atoms with Crippen LogP contribution in [0.5, 0.6) is 0 Å². The van der Waals surface area contributed by atoms with Crippen LogP contribution in [0.4, 0.5) is 4.79 Å². The Labute approximate surface area is 197 Å². The van der Waals surface area contributed by atoms with Gasteiger partial charge in [0.2, 0.25) is 0 Å². The smallest absolute Gasteiger partial charge is 0.415 e. The first-order chi connectivity index (χ1) is 16.7. The van der Waals surface area contributed by atoms with E-state index in [1.807, 2.05) is 24.3 Å². The Balaban J connectivity index is 0.000000129. The van der Waals surface area contributed by atoms with Crippen molar-refractivity contribution in [3.63, 3.8) is 0 Å². The molecule has 7 rings (SSSR count). The number of hydrogen-bond acceptors (Lipinski definition) is 2. The maximum atomic E-state index is 10.8. The van der Waals surface area contributed by atoms with Crippen LogP contribution in [0.2, 0.25) is 0 Å². The summed E-state index contributed by atoms with van der Waals surface area (Å²) >= 11 is 0. The van der Waals surface area contributed by atoms with E-state index in [1.165, 1.54) is 70.4 Å². The molecule has 3 aromatic rings. The highest BCUT2D eigenvalue weighted by Crippen LogP contribution is 2.30. The molecule has 0 fully saturated rings. The zero-order chi connectivity index (χ0) is 23.1. The van der Waals surface area contributed by atoms with E-state index in [0.717, 1.165) is 21.0 Å². The SMILES string of the molecule is C1=Cc2ccc3c4c(ccc3c2CC1)=CCCC=4.O=C(O)n1ccc2c3ccccc3nc-2c1. The number of aromatic nitrogens is 2. The number of aryl methyl sites for hydroxylation is 1. The lowest BCUT2D eigenvalue weighted by molar-refractivity contribution is 0.196. The second-order valence-electron chi connectivity index (χ2n) is 8.79. The number of nitrogens with zero attached hydrogens (tertiary/aromatic N) is 2. The highest BCUT2D eigenvalue weighted by atomic mass is 16.4. The van der Waals surface area contributed by atoms with Crippen LogP contribution in [0, 0.1) is 0 Å². The van der Waals surface area contributed by atoms with Gasteiger partial charge in [-0.25, -0.2) is 9.78 Å². The molecule has 0 unspecified atom stereocenters. The van der Waals surface area contributed by atoms with Gasteiger partial charge in [-0.1, -0.05) is 66.8 Å². The summed E-state index contributed by atoms with van der Waals surface area (Å²) in [5.74, 6) is 0. The summed E-state index contributed by atoms with van der Waals surface area (Å²) in [6, 6.07) is 18.7. The third-order valence-electron chi connectivity index (χ3n) is 6.76. The number of carboxylic acid groups (broad SMARTS) is 1. The first kappa shape index (κ1) is 20.4. The Morgan fingerprint density at radius 1 is 0.882 bits per heavy atom. The predicted molar refractivity (Wildman–Crippen MR) is 138 cm³/mol. The van der Waals surface area contributed by atoms with Gasteiger partial charge < -0.3 is 5.11 Å². The number of fused-ring (bicyclic) bond motifs is 8. The molecule has 0 saturated carbocycles. The summed E-state index contributed by atoms with van der Waals surface area (Å²) in [6.45, 7) is 0. The fourth-order valence-corrected chi connectivity index (χ4v) is 5.12. The Morgan fingerprint density at radius 3 is 2.65 bits per heavy atom. The quantitative estimate of drug-likeness (QED) is 0.327. The number of carbonyl (C=O) groups is 1. The van der Waals surface area contributed by atoms with Gasteiger partial charge in [-0.2, -0.15) is 0 Å². The Kier molecular flexibility index (Phi) is 4.99. The van der Waals surface area contributed by atoms with E-state index >= 15 is 0 Å². The minimum absolute atomic E-state index is 0.700. The van der Waals surface area contributed by atoms with Crippen LogP contribution in [0.25, 0.3) is 51.2 Å². The normalized spacial score (nSPS) is 14.0. The Hall–Kier alpha value is -4.18. The van der Waals surface area contributed by atoms with E-state index in [1.54, 1.807) is 6.07 Å². The molecular formula is C30H24N2O2. The first-order valence-corrected chi connectivity index (χ1v) is 11.7. The zero-order valence-electron chi connectivity index (χ0n) is 18.7. The van der Waals surface area contributed by atoms with E-state index in [2.05, 4.69) is 53.6 Å². The highest BCUT2D eigenvalue weighted by Gasteiger charge is 2.13. The standard InChI is InChI=1S/C18H16.C12H8N2O2/c1-3-7-15-13(5-1)9-11-18-16-8-4-2-6-14(16)10-12-17(15)18;15-12(16)14-6-5-9-8-3-1-2-4-10(8)13-11(9)7-14/h1,5-6,8-12H,2-4,7H2;1-7H,(H,15,16). The van der Waals surface area contributed by atoms with E-state index in [-0.39, 0.29) is 0 Å². The van der Waals surface area contributed by atoms with Crippen molar-refractivity contribution >= 4 is 46.0 Å². The Morgan fingerprint density at radius 2 is 1.74 bits per heavy atom. The summed E-state index contributed by atoms with van der Waals surface area (Å²) in [6.07, 6.45) is 16.1. The van der Waals surface area contributed by atoms with E-state index < -0.39 is 6.09 Å². The number of pyridine rings is 1. The van der Waals surface area contributed by atoms with Gasteiger partial charge in [-0.3, -0.25) is 4.57 Å². The summed E-state index contributed by atoms with van der Waals surface area (Å²) in [5, 5.41) is 15.7. The maximum Gasteiger partial charge on any atom is 0.415 e. The van der Waals surface area contributed by atoms with Crippen molar-refractivity contribution < 1.29 is 9.90 Å². The molecule has 2 aliphatic heterocycles. The third-order valence-corrected chi connectivity index (χ3v) is 6.76. The van der Waals surface area contributed by atoms with Crippen molar-refractivity contribution in [2.24, 2.45) is 0 Å². The fourth-order valence-electron chi connectivity index (χ4n) is 5.12. The lowest BCUT2D eigenvalue weighted by Gasteiger charge is -2.14. The van der Waals surface area contributed by atoms with Gasteiger partial charge in [0.25, 0.3) is 0 Å². The highest BCUT2D eigenvalue weighted by molar-refractivity contribution is 5.97. The molecule has 0 bridgehead atoms. The molecule has 166 valence electrons. The van der Waals surface area contributed by atoms with Gasteiger partial charge in [0.1, 0.15) is 0 Å². The topological polar surface area (TPSA) is 55.1 Å². The number of hydrogen-bond donors (Lipinski definition) is 1. The molecule has 0 aromatic heterocycles.